The van der Waals surface area contributed by atoms with Crippen molar-refractivity contribution in [1.29, 1.82) is 0 Å². The monoisotopic (exact) mass is 208 g/mol. The zero-order chi connectivity index (χ0) is 11.7. The van der Waals surface area contributed by atoms with Gasteiger partial charge in [-0.15, -0.1) is 0 Å². The molecule has 0 radical (unpaired) electrons. The summed E-state index contributed by atoms with van der Waals surface area (Å²) >= 11 is 0. The van der Waals surface area contributed by atoms with E-state index in [0.717, 1.165) is 17.8 Å². The Kier molecular flexibility index (Phi) is 6.80. The smallest absolute Gasteiger partial charge is 0.106 e. The molecule has 0 fully saturated rings. The third-order valence-corrected chi connectivity index (χ3v) is 1.65. The first-order chi connectivity index (χ1) is 7.22. The maximum absolute atomic E-state index is 5.55. The number of hydrogen-bond acceptors (Lipinski definition) is 3. The SMILES string of the molecule is CC.CN(Cc1ccc(N)cc1)/N=C\N. The van der Waals surface area contributed by atoms with Crippen LogP contribution < -0.4 is 11.5 Å². The van der Waals surface area contributed by atoms with Crippen LogP contribution in [0.1, 0.15) is 19.4 Å². The van der Waals surface area contributed by atoms with E-state index in [2.05, 4.69) is 5.10 Å². The normalized spacial score (nSPS) is 9.53. The fourth-order valence-electron chi connectivity index (χ4n) is 1.04. The number of nitrogen functional groups attached to an aromatic ring is 1. The molecular formula is C11H20N4. The van der Waals surface area contributed by atoms with Crippen molar-refractivity contribution in [2.75, 3.05) is 12.8 Å². The molecule has 0 unspecified atom stereocenters. The highest BCUT2D eigenvalue weighted by molar-refractivity contribution is 5.50. The maximum Gasteiger partial charge on any atom is 0.106 e. The summed E-state index contributed by atoms with van der Waals surface area (Å²) in [6, 6.07) is 7.68. The predicted octanol–water partition coefficient (Wildman–Crippen LogP) is 1.63. The topological polar surface area (TPSA) is 67.6 Å². The van der Waals surface area contributed by atoms with Crippen molar-refractivity contribution >= 4 is 12.0 Å². The minimum atomic E-state index is 0.730. The van der Waals surface area contributed by atoms with E-state index in [1.807, 2.05) is 45.2 Å². The van der Waals surface area contributed by atoms with Crippen LogP contribution in [0.3, 0.4) is 0 Å². The highest BCUT2D eigenvalue weighted by Crippen LogP contribution is 2.07. The van der Waals surface area contributed by atoms with Gasteiger partial charge in [0, 0.05) is 12.7 Å². The summed E-state index contributed by atoms with van der Waals surface area (Å²) in [7, 11) is 1.86. The van der Waals surface area contributed by atoms with Crippen molar-refractivity contribution < 1.29 is 0 Å². The second-order valence-electron chi connectivity index (χ2n) is 2.82. The van der Waals surface area contributed by atoms with Gasteiger partial charge in [-0.05, 0) is 17.7 Å². The van der Waals surface area contributed by atoms with Gasteiger partial charge in [0.2, 0.25) is 0 Å². The second-order valence-corrected chi connectivity index (χ2v) is 2.82. The van der Waals surface area contributed by atoms with Gasteiger partial charge in [-0.2, -0.15) is 5.10 Å². The lowest BCUT2D eigenvalue weighted by molar-refractivity contribution is 0.348. The van der Waals surface area contributed by atoms with Gasteiger partial charge in [0.15, 0.2) is 0 Å². The third kappa shape index (κ3) is 5.57. The molecule has 0 aliphatic carbocycles. The van der Waals surface area contributed by atoms with Crippen LogP contribution in [0.5, 0.6) is 0 Å². The van der Waals surface area contributed by atoms with Crippen LogP contribution in [0.25, 0.3) is 0 Å². The highest BCUT2D eigenvalue weighted by Gasteiger charge is 1.95. The summed E-state index contributed by atoms with van der Waals surface area (Å²) < 4.78 is 0. The van der Waals surface area contributed by atoms with Crippen molar-refractivity contribution in [3.63, 3.8) is 0 Å². The molecular weight excluding hydrogens is 188 g/mol. The van der Waals surface area contributed by atoms with E-state index in [4.69, 9.17) is 11.5 Å². The molecule has 0 aromatic heterocycles. The van der Waals surface area contributed by atoms with Crippen molar-refractivity contribution in [1.82, 2.24) is 5.01 Å². The summed E-state index contributed by atoms with van der Waals surface area (Å²) in [5.41, 5.74) is 12.6. The van der Waals surface area contributed by atoms with Crippen molar-refractivity contribution in [2.24, 2.45) is 10.8 Å². The third-order valence-electron chi connectivity index (χ3n) is 1.65. The van der Waals surface area contributed by atoms with E-state index in [1.165, 1.54) is 6.34 Å². The van der Waals surface area contributed by atoms with Gasteiger partial charge in [0.05, 0.1) is 6.54 Å². The van der Waals surface area contributed by atoms with Gasteiger partial charge < -0.3 is 11.5 Å². The Labute approximate surface area is 91.6 Å². The maximum atomic E-state index is 5.55. The molecule has 15 heavy (non-hydrogen) atoms. The average Bonchev–Trinajstić information content (AvgIpc) is 2.25. The molecule has 0 aliphatic heterocycles. The van der Waals surface area contributed by atoms with E-state index in [9.17, 15) is 0 Å². The summed E-state index contributed by atoms with van der Waals surface area (Å²) in [5.74, 6) is 0. The molecule has 0 amide bonds. The fraction of sp³-hybridized carbons (Fsp3) is 0.364. The van der Waals surface area contributed by atoms with E-state index >= 15 is 0 Å². The molecule has 4 nitrogen and oxygen atoms in total. The Morgan fingerprint density at radius 2 is 1.80 bits per heavy atom. The summed E-state index contributed by atoms with van der Waals surface area (Å²) in [6.45, 7) is 4.73. The standard InChI is InChI=1S/C9H14N4.C2H6/c1-13(12-7-10)6-8-2-4-9(11)5-3-8;1-2/h2-5,7H,6,11H2,1H3,(H2,10,12);1-2H3. The van der Waals surface area contributed by atoms with Crippen LogP contribution in [-0.4, -0.2) is 18.4 Å². The first-order valence-electron chi connectivity index (χ1n) is 5.02. The van der Waals surface area contributed by atoms with Crippen LogP contribution in [-0.2, 0) is 6.54 Å². The Hall–Kier alpha value is -1.71. The quantitative estimate of drug-likeness (QED) is 0.343. The van der Waals surface area contributed by atoms with Crippen molar-refractivity contribution in [3.8, 4) is 0 Å². The van der Waals surface area contributed by atoms with Gasteiger partial charge in [0.25, 0.3) is 0 Å². The Balaban J connectivity index is 0.000000921. The van der Waals surface area contributed by atoms with E-state index in [0.29, 0.717) is 0 Å². The minimum absolute atomic E-state index is 0.730. The second kappa shape index (κ2) is 7.67. The Morgan fingerprint density at radius 1 is 1.27 bits per heavy atom. The van der Waals surface area contributed by atoms with Gasteiger partial charge in [-0.3, -0.25) is 5.01 Å². The van der Waals surface area contributed by atoms with Gasteiger partial charge in [-0.1, -0.05) is 26.0 Å². The molecule has 4 N–H and O–H groups in total. The molecule has 0 aliphatic rings. The van der Waals surface area contributed by atoms with Crippen LogP contribution in [0.2, 0.25) is 0 Å². The largest absolute Gasteiger partial charge is 0.399 e. The molecule has 0 saturated heterocycles. The first-order valence-corrected chi connectivity index (χ1v) is 5.02. The molecule has 0 atom stereocenters. The van der Waals surface area contributed by atoms with Gasteiger partial charge >= 0.3 is 0 Å². The van der Waals surface area contributed by atoms with Crippen molar-refractivity contribution in [2.45, 2.75) is 20.4 Å². The Morgan fingerprint density at radius 3 is 2.27 bits per heavy atom. The molecule has 0 saturated carbocycles. The lowest BCUT2D eigenvalue weighted by Crippen LogP contribution is -2.12. The molecule has 4 heteroatoms. The van der Waals surface area contributed by atoms with Gasteiger partial charge in [-0.25, -0.2) is 0 Å². The zero-order valence-corrected chi connectivity index (χ0v) is 9.64. The molecule has 1 rings (SSSR count). The summed E-state index contributed by atoms with van der Waals surface area (Å²) in [4.78, 5) is 0. The van der Waals surface area contributed by atoms with Crippen molar-refractivity contribution in [3.05, 3.63) is 29.8 Å². The van der Waals surface area contributed by atoms with Crippen LogP contribution in [0, 0.1) is 0 Å². The van der Waals surface area contributed by atoms with Crippen LogP contribution in [0.15, 0.2) is 29.4 Å². The average molecular weight is 208 g/mol. The fourth-order valence-corrected chi connectivity index (χ4v) is 1.04. The summed E-state index contributed by atoms with van der Waals surface area (Å²) in [5, 5.41) is 5.65. The van der Waals surface area contributed by atoms with E-state index in [1.54, 1.807) is 5.01 Å². The molecule has 0 heterocycles. The number of hydrogen-bond donors (Lipinski definition) is 2. The van der Waals surface area contributed by atoms with Gasteiger partial charge in [0.1, 0.15) is 6.34 Å². The Bertz CT molecular complexity index is 279. The number of anilines is 1. The van der Waals surface area contributed by atoms with Crippen LogP contribution in [0.4, 0.5) is 5.69 Å². The number of rotatable bonds is 3. The molecule has 0 spiro atoms. The first kappa shape index (κ1) is 13.3. The molecule has 84 valence electrons. The highest BCUT2D eigenvalue weighted by atomic mass is 15.4. The lowest BCUT2D eigenvalue weighted by Gasteiger charge is -2.11. The van der Waals surface area contributed by atoms with E-state index in [-0.39, 0.29) is 0 Å². The number of hydrazone groups is 1. The zero-order valence-electron chi connectivity index (χ0n) is 9.64. The number of nitrogens with two attached hydrogens (primary N) is 2. The van der Waals surface area contributed by atoms with Crippen LogP contribution >= 0.6 is 0 Å². The number of benzene rings is 1. The lowest BCUT2D eigenvalue weighted by atomic mass is 10.2. The molecule has 1 aromatic carbocycles. The number of nitrogens with zero attached hydrogens (tertiary/aromatic N) is 2. The summed E-state index contributed by atoms with van der Waals surface area (Å²) in [6.07, 6.45) is 1.28. The predicted molar refractivity (Wildman–Crippen MR) is 66.3 cm³/mol. The molecule has 0 bridgehead atoms. The van der Waals surface area contributed by atoms with E-state index < -0.39 is 0 Å². The molecule has 1 aromatic rings. The minimum Gasteiger partial charge on any atom is -0.399 e.